The highest BCUT2D eigenvalue weighted by molar-refractivity contribution is 5.84. The molecule has 2 heterocycles. The van der Waals surface area contributed by atoms with Crippen molar-refractivity contribution in [1.29, 1.82) is 0 Å². The molecule has 0 aromatic heterocycles. The molecule has 0 aromatic rings. The fraction of sp³-hybridized carbons (Fsp3) is 0.909. The van der Waals surface area contributed by atoms with E-state index in [0.717, 1.165) is 13.0 Å². The maximum Gasteiger partial charge on any atom is 0.228 e. The fourth-order valence-corrected chi connectivity index (χ4v) is 3.74. The Morgan fingerprint density at radius 1 is 1.50 bits per heavy atom. The Hall–Kier alpha value is -0.570. The van der Waals surface area contributed by atoms with Gasteiger partial charge in [-0.25, -0.2) is 0 Å². The van der Waals surface area contributed by atoms with E-state index in [4.69, 9.17) is 4.74 Å². The number of ether oxygens (including phenoxy) is 1. The third-order valence-electron chi connectivity index (χ3n) is 4.40. The first-order valence-corrected chi connectivity index (χ1v) is 5.59. The van der Waals surface area contributed by atoms with Gasteiger partial charge in [-0.15, -0.1) is 0 Å². The Morgan fingerprint density at radius 3 is 3.07 bits per heavy atom. The maximum absolute atomic E-state index is 12.1. The van der Waals surface area contributed by atoms with E-state index in [1.807, 2.05) is 11.8 Å². The van der Waals surface area contributed by atoms with Gasteiger partial charge in [0.15, 0.2) is 0 Å². The lowest BCUT2D eigenvalue weighted by atomic mass is 9.84. The van der Waals surface area contributed by atoms with Crippen LogP contribution in [0.25, 0.3) is 0 Å². The molecule has 1 amide bonds. The largest absolute Gasteiger partial charge is 0.356 e. The molecule has 3 heteroatoms. The Balaban J connectivity index is 2.03. The van der Waals surface area contributed by atoms with Gasteiger partial charge in [0, 0.05) is 5.92 Å². The minimum Gasteiger partial charge on any atom is -0.356 e. The van der Waals surface area contributed by atoms with Crippen LogP contribution in [0.15, 0.2) is 0 Å². The van der Waals surface area contributed by atoms with E-state index in [0.29, 0.717) is 17.7 Å². The zero-order chi connectivity index (χ0) is 9.92. The molecule has 2 aliphatic heterocycles. The minimum absolute atomic E-state index is 0.00176. The second-order valence-corrected chi connectivity index (χ2v) is 5.12. The molecule has 0 aromatic carbocycles. The molecule has 1 unspecified atom stereocenters. The Labute approximate surface area is 84.4 Å². The van der Waals surface area contributed by atoms with Crippen LogP contribution in [0, 0.1) is 11.8 Å². The topological polar surface area (TPSA) is 29.5 Å². The summed E-state index contributed by atoms with van der Waals surface area (Å²) in [6.07, 6.45) is 3.53. The van der Waals surface area contributed by atoms with Gasteiger partial charge in [0.1, 0.15) is 6.23 Å². The van der Waals surface area contributed by atoms with Crippen molar-refractivity contribution < 1.29 is 9.53 Å². The van der Waals surface area contributed by atoms with Crippen LogP contribution in [0.3, 0.4) is 0 Å². The predicted molar refractivity (Wildman–Crippen MR) is 51.5 cm³/mol. The molecule has 0 radical (unpaired) electrons. The van der Waals surface area contributed by atoms with Crippen LogP contribution in [0.5, 0.6) is 0 Å². The van der Waals surface area contributed by atoms with Crippen molar-refractivity contribution in [2.75, 3.05) is 6.61 Å². The van der Waals surface area contributed by atoms with Gasteiger partial charge in [0.2, 0.25) is 5.91 Å². The van der Waals surface area contributed by atoms with Crippen LogP contribution in [-0.2, 0) is 9.53 Å². The molecule has 3 nitrogen and oxygen atoms in total. The molecule has 78 valence electrons. The zero-order valence-corrected chi connectivity index (χ0v) is 8.82. The highest BCUT2D eigenvalue weighted by atomic mass is 16.5. The summed E-state index contributed by atoms with van der Waals surface area (Å²) >= 11 is 0. The van der Waals surface area contributed by atoms with Gasteiger partial charge in [-0.05, 0) is 32.6 Å². The molecule has 0 bridgehead atoms. The number of fused-ring (bicyclic) bond motifs is 3. The van der Waals surface area contributed by atoms with Crippen molar-refractivity contribution in [3.05, 3.63) is 0 Å². The lowest BCUT2D eigenvalue weighted by Gasteiger charge is -2.31. The third-order valence-corrected chi connectivity index (χ3v) is 4.40. The molecule has 2 saturated heterocycles. The van der Waals surface area contributed by atoms with Crippen LogP contribution in [0.4, 0.5) is 0 Å². The van der Waals surface area contributed by atoms with Gasteiger partial charge >= 0.3 is 0 Å². The number of hydrogen-bond acceptors (Lipinski definition) is 2. The van der Waals surface area contributed by atoms with E-state index in [2.05, 4.69) is 6.92 Å². The summed E-state index contributed by atoms with van der Waals surface area (Å²) in [6, 6.07) is 0. The van der Waals surface area contributed by atoms with Gasteiger partial charge in [0.25, 0.3) is 0 Å². The van der Waals surface area contributed by atoms with Crippen LogP contribution in [0.2, 0.25) is 0 Å². The summed E-state index contributed by atoms with van der Waals surface area (Å²) in [6.45, 7) is 4.93. The van der Waals surface area contributed by atoms with Gasteiger partial charge < -0.3 is 9.64 Å². The number of nitrogens with zero attached hydrogens (tertiary/aromatic N) is 1. The summed E-state index contributed by atoms with van der Waals surface area (Å²) in [7, 11) is 0. The van der Waals surface area contributed by atoms with Crippen molar-refractivity contribution in [2.45, 2.75) is 44.9 Å². The van der Waals surface area contributed by atoms with E-state index in [1.54, 1.807) is 0 Å². The zero-order valence-electron chi connectivity index (χ0n) is 8.82. The van der Waals surface area contributed by atoms with Crippen LogP contribution >= 0.6 is 0 Å². The number of rotatable bonds is 0. The first-order valence-electron chi connectivity index (χ1n) is 5.59. The summed E-state index contributed by atoms with van der Waals surface area (Å²) < 4.78 is 5.61. The van der Waals surface area contributed by atoms with E-state index < -0.39 is 0 Å². The third kappa shape index (κ3) is 0.800. The Morgan fingerprint density at radius 2 is 2.29 bits per heavy atom. The van der Waals surface area contributed by atoms with Gasteiger partial charge in [-0.3, -0.25) is 4.79 Å². The molecule has 3 fully saturated rings. The summed E-state index contributed by atoms with van der Waals surface area (Å²) in [4.78, 5) is 14.1. The first-order chi connectivity index (χ1) is 6.64. The van der Waals surface area contributed by atoms with Crippen molar-refractivity contribution in [3.63, 3.8) is 0 Å². The molecule has 1 aliphatic carbocycles. The van der Waals surface area contributed by atoms with Crippen molar-refractivity contribution in [1.82, 2.24) is 4.90 Å². The van der Waals surface area contributed by atoms with Crippen LogP contribution < -0.4 is 0 Å². The number of hydrogen-bond donors (Lipinski definition) is 0. The average Bonchev–Trinajstić information content (AvgIpc) is 2.75. The summed E-state index contributed by atoms with van der Waals surface area (Å²) in [5.74, 6) is 1.21. The molecule has 3 aliphatic rings. The van der Waals surface area contributed by atoms with Crippen molar-refractivity contribution in [2.24, 2.45) is 11.8 Å². The number of carbonyl (C=O) groups is 1. The van der Waals surface area contributed by atoms with Crippen LogP contribution in [-0.4, -0.2) is 29.2 Å². The standard InChI is InChI=1S/C11H17NO2/c1-7-12-10(13)8-4-3-5-9(8)11(12,2)6-14-7/h7-9H,3-6H2,1-2H3/t7-,8+,9?,11-/m0/s1. The first kappa shape index (κ1) is 8.72. The molecular weight excluding hydrogens is 178 g/mol. The molecule has 14 heavy (non-hydrogen) atoms. The average molecular weight is 195 g/mol. The maximum atomic E-state index is 12.1. The quantitative estimate of drug-likeness (QED) is 0.584. The lowest BCUT2D eigenvalue weighted by molar-refractivity contribution is -0.137. The van der Waals surface area contributed by atoms with Gasteiger partial charge in [-0.2, -0.15) is 0 Å². The second kappa shape index (κ2) is 2.51. The van der Waals surface area contributed by atoms with Gasteiger partial charge in [-0.1, -0.05) is 6.42 Å². The van der Waals surface area contributed by atoms with E-state index in [9.17, 15) is 4.79 Å². The van der Waals surface area contributed by atoms with Crippen molar-refractivity contribution in [3.8, 4) is 0 Å². The fourth-order valence-electron chi connectivity index (χ4n) is 3.74. The SMILES string of the molecule is C[C@@H]1OC[C@@]2(C)C3CCC[C@H]3C(=O)N12. The van der Waals surface area contributed by atoms with E-state index >= 15 is 0 Å². The summed E-state index contributed by atoms with van der Waals surface area (Å²) in [5, 5.41) is 0. The van der Waals surface area contributed by atoms with Crippen LogP contribution in [0.1, 0.15) is 33.1 Å². The molecule has 3 rings (SSSR count). The molecule has 1 saturated carbocycles. The minimum atomic E-state index is -0.00176. The Kier molecular flexibility index (Phi) is 1.56. The van der Waals surface area contributed by atoms with Crippen molar-refractivity contribution >= 4 is 5.91 Å². The normalized spacial score (nSPS) is 51.1. The molecular formula is C11H17NO2. The van der Waals surface area contributed by atoms with E-state index in [1.165, 1.54) is 12.8 Å². The highest BCUT2D eigenvalue weighted by Crippen LogP contribution is 2.52. The number of amides is 1. The smallest absolute Gasteiger partial charge is 0.228 e. The van der Waals surface area contributed by atoms with Gasteiger partial charge in [0.05, 0.1) is 12.1 Å². The molecule has 4 atom stereocenters. The Bertz CT molecular complexity index is 291. The number of carbonyl (C=O) groups excluding carboxylic acids is 1. The molecule has 0 N–H and O–H groups in total. The second-order valence-electron chi connectivity index (χ2n) is 5.12. The monoisotopic (exact) mass is 195 g/mol. The summed E-state index contributed by atoms with van der Waals surface area (Å²) in [5.41, 5.74) is 0.0116. The molecule has 0 spiro atoms. The van der Waals surface area contributed by atoms with E-state index in [-0.39, 0.29) is 11.8 Å². The highest BCUT2D eigenvalue weighted by Gasteiger charge is 2.61. The predicted octanol–water partition coefficient (Wildman–Crippen LogP) is 1.38. The lowest BCUT2D eigenvalue weighted by Crippen LogP contribution is -2.45.